The number of hydrogen-bond acceptors (Lipinski definition) is 7. The van der Waals surface area contributed by atoms with Gasteiger partial charge in [0.25, 0.3) is 0 Å². The largest absolute Gasteiger partial charge is 0.381 e. The Morgan fingerprint density at radius 3 is 2.57 bits per heavy atom. The lowest BCUT2D eigenvalue weighted by Crippen LogP contribution is -2.54. The van der Waals surface area contributed by atoms with Crippen LogP contribution >= 0.6 is 35.7 Å². The summed E-state index contributed by atoms with van der Waals surface area (Å²) in [7, 11) is -3.40. The second-order valence-corrected chi connectivity index (χ2v) is 10.5. The number of aromatic nitrogens is 1. The Kier molecular flexibility index (Phi) is 10.2. The Balaban J connectivity index is 0.00000320. The van der Waals surface area contributed by atoms with Crippen LogP contribution in [0.15, 0.2) is 21.8 Å². The number of hydrogen-bond donors (Lipinski definition) is 1. The molecule has 0 aliphatic carbocycles. The van der Waals surface area contributed by atoms with Crippen molar-refractivity contribution in [1.82, 2.24) is 19.7 Å². The number of piperazine rings is 1. The van der Waals surface area contributed by atoms with E-state index in [9.17, 15) is 8.42 Å². The van der Waals surface area contributed by atoms with Crippen LogP contribution in [0.25, 0.3) is 0 Å². The molecule has 0 amide bonds. The molecular formula is C18H32IN5O4S2. The van der Waals surface area contributed by atoms with E-state index in [-0.39, 0.29) is 34.5 Å². The summed E-state index contributed by atoms with van der Waals surface area (Å²) in [5, 5.41) is 7.08. The maximum atomic E-state index is 12.6. The molecule has 0 unspecified atom stereocenters. The third-order valence-electron chi connectivity index (χ3n) is 5.44. The third-order valence-corrected chi connectivity index (χ3v) is 8.66. The number of guanidine groups is 1. The van der Waals surface area contributed by atoms with Crippen molar-refractivity contribution in [1.29, 1.82) is 0 Å². The van der Waals surface area contributed by atoms with Crippen LogP contribution in [-0.2, 0) is 20.5 Å². The fraction of sp³-hybridized carbons (Fsp3) is 0.778. The van der Waals surface area contributed by atoms with Gasteiger partial charge in [0.05, 0.1) is 12.2 Å². The quantitative estimate of drug-likeness (QED) is 0.299. The number of rotatable bonds is 7. The van der Waals surface area contributed by atoms with Crippen LogP contribution in [0.2, 0.25) is 0 Å². The Hall–Kier alpha value is -0.570. The van der Waals surface area contributed by atoms with Gasteiger partial charge in [-0.1, -0.05) is 5.16 Å². The van der Waals surface area contributed by atoms with Gasteiger partial charge in [-0.25, -0.2) is 8.42 Å². The smallest absolute Gasteiger partial charge is 0.220 e. The molecule has 2 aliphatic rings. The molecule has 1 aromatic rings. The molecule has 0 spiro atoms. The minimum absolute atomic E-state index is 0. The molecule has 2 aliphatic heterocycles. The normalized spacial score (nSPS) is 20.6. The summed E-state index contributed by atoms with van der Waals surface area (Å²) >= 11 is 1.87. The van der Waals surface area contributed by atoms with E-state index in [2.05, 4.69) is 21.6 Å². The monoisotopic (exact) mass is 573 g/mol. The van der Waals surface area contributed by atoms with Crippen LogP contribution in [0.5, 0.6) is 0 Å². The van der Waals surface area contributed by atoms with Crippen molar-refractivity contribution in [3.8, 4) is 0 Å². The van der Waals surface area contributed by atoms with Gasteiger partial charge in [0.15, 0.2) is 5.96 Å². The van der Waals surface area contributed by atoms with Crippen molar-refractivity contribution in [2.75, 3.05) is 58.7 Å². The highest BCUT2D eigenvalue weighted by molar-refractivity contribution is 14.0. The van der Waals surface area contributed by atoms with Gasteiger partial charge in [-0.2, -0.15) is 16.1 Å². The molecule has 2 fully saturated rings. The molecule has 0 saturated carbocycles. The molecule has 0 atom stereocenters. The fourth-order valence-corrected chi connectivity index (χ4v) is 5.78. The van der Waals surface area contributed by atoms with Gasteiger partial charge in [0.2, 0.25) is 10.0 Å². The van der Waals surface area contributed by atoms with Crippen molar-refractivity contribution >= 4 is 51.7 Å². The van der Waals surface area contributed by atoms with Crippen molar-refractivity contribution < 1.29 is 17.7 Å². The van der Waals surface area contributed by atoms with Crippen LogP contribution in [0.3, 0.4) is 0 Å². The van der Waals surface area contributed by atoms with Gasteiger partial charge in [-0.05, 0) is 26.0 Å². The van der Waals surface area contributed by atoms with Crippen LogP contribution in [-0.4, -0.2) is 92.2 Å². The molecule has 1 aromatic heterocycles. The molecule has 0 bridgehead atoms. The summed E-state index contributed by atoms with van der Waals surface area (Å²) in [6.07, 6.45) is 5.55. The topological polar surface area (TPSA) is 100 Å². The summed E-state index contributed by atoms with van der Waals surface area (Å²) in [4.78, 5) is 7.07. The van der Waals surface area contributed by atoms with Gasteiger partial charge >= 0.3 is 0 Å². The summed E-state index contributed by atoms with van der Waals surface area (Å²) < 4.78 is 37.2. The van der Waals surface area contributed by atoms with Crippen molar-refractivity contribution in [2.45, 2.75) is 30.3 Å². The van der Waals surface area contributed by atoms with Crippen LogP contribution in [0.4, 0.5) is 0 Å². The molecule has 3 heterocycles. The summed E-state index contributed by atoms with van der Waals surface area (Å²) in [5.74, 6) is 0.733. The van der Waals surface area contributed by atoms with E-state index in [1.165, 1.54) is 10.6 Å². The first-order valence-corrected chi connectivity index (χ1v) is 12.8. The summed E-state index contributed by atoms with van der Waals surface area (Å²) in [6.45, 7) is 7.23. The molecule has 0 aromatic carbocycles. The average Bonchev–Trinajstić information content (AvgIpc) is 3.24. The number of ether oxygens (including phenoxy) is 1. The fourth-order valence-electron chi connectivity index (χ4n) is 3.58. The number of nitrogens with one attached hydrogen (secondary N) is 1. The van der Waals surface area contributed by atoms with Gasteiger partial charge in [0, 0.05) is 56.8 Å². The minimum atomic E-state index is -3.40. The zero-order chi connectivity index (χ0) is 20.7. The second kappa shape index (κ2) is 11.9. The van der Waals surface area contributed by atoms with Crippen LogP contribution < -0.4 is 5.32 Å². The van der Waals surface area contributed by atoms with Gasteiger partial charge in [-0.15, -0.1) is 24.0 Å². The lowest BCUT2D eigenvalue weighted by atomic mass is 9.99. The van der Waals surface area contributed by atoms with E-state index in [0.717, 1.165) is 45.1 Å². The second-order valence-electron chi connectivity index (χ2n) is 7.30. The summed E-state index contributed by atoms with van der Waals surface area (Å²) in [5.41, 5.74) is 0.432. The standard InChI is InChI=1S/C18H31N5O4S2.HI/c1-3-19-17(20-15-18(28-2)5-12-26-13-6-18)22-7-9-23(10-8-22)29(24,25)14-16-4-11-27-21-16;/h4,11H,3,5-10,12-15H2,1-2H3,(H,19,20);1H. The van der Waals surface area contributed by atoms with Gasteiger partial charge in [-0.3, -0.25) is 4.99 Å². The Bertz CT molecular complexity index is 762. The molecule has 12 heteroatoms. The highest BCUT2D eigenvalue weighted by Gasteiger charge is 2.33. The third kappa shape index (κ3) is 6.71. The number of thioether (sulfide) groups is 1. The summed E-state index contributed by atoms with van der Waals surface area (Å²) in [6, 6.07) is 1.58. The molecule has 0 radical (unpaired) electrons. The number of sulfonamides is 1. The van der Waals surface area contributed by atoms with Crippen LogP contribution in [0, 0.1) is 0 Å². The van der Waals surface area contributed by atoms with Gasteiger partial charge in [0.1, 0.15) is 12.0 Å². The Labute approximate surface area is 200 Å². The Morgan fingerprint density at radius 1 is 1.30 bits per heavy atom. The molecule has 3 rings (SSSR count). The highest BCUT2D eigenvalue weighted by atomic mass is 127. The maximum Gasteiger partial charge on any atom is 0.220 e. The zero-order valence-electron chi connectivity index (χ0n) is 17.6. The van der Waals surface area contributed by atoms with Crippen molar-refractivity contribution in [3.05, 3.63) is 18.0 Å². The minimum Gasteiger partial charge on any atom is -0.381 e. The molecule has 9 nitrogen and oxygen atoms in total. The molecule has 172 valence electrons. The maximum absolute atomic E-state index is 12.6. The van der Waals surface area contributed by atoms with Crippen molar-refractivity contribution in [3.63, 3.8) is 0 Å². The van der Waals surface area contributed by atoms with E-state index in [0.29, 0.717) is 31.9 Å². The predicted molar refractivity (Wildman–Crippen MR) is 130 cm³/mol. The predicted octanol–water partition coefficient (Wildman–Crippen LogP) is 1.62. The van der Waals surface area contributed by atoms with Gasteiger partial charge < -0.3 is 19.5 Å². The number of halogens is 1. The molecule has 30 heavy (non-hydrogen) atoms. The molecular weight excluding hydrogens is 541 g/mol. The molecule has 2 saturated heterocycles. The first-order valence-electron chi connectivity index (χ1n) is 10.0. The SMILES string of the molecule is CCNC(=NCC1(SC)CCOCC1)N1CCN(S(=O)(=O)Cc2ccon2)CC1.I. The Morgan fingerprint density at radius 2 is 2.00 bits per heavy atom. The van der Waals surface area contributed by atoms with E-state index >= 15 is 0 Å². The number of nitrogens with zero attached hydrogens (tertiary/aromatic N) is 4. The number of aliphatic imine (C=N–C) groups is 1. The van der Waals surface area contributed by atoms with E-state index < -0.39 is 10.0 Å². The van der Waals surface area contributed by atoms with E-state index in [1.807, 2.05) is 18.7 Å². The van der Waals surface area contributed by atoms with E-state index in [4.69, 9.17) is 14.3 Å². The average molecular weight is 574 g/mol. The van der Waals surface area contributed by atoms with E-state index in [1.54, 1.807) is 6.07 Å². The van der Waals surface area contributed by atoms with Crippen LogP contribution in [0.1, 0.15) is 25.5 Å². The lowest BCUT2D eigenvalue weighted by Gasteiger charge is -2.37. The first-order chi connectivity index (χ1) is 14.0. The highest BCUT2D eigenvalue weighted by Crippen LogP contribution is 2.34. The van der Waals surface area contributed by atoms with Crippen molar-refractivity contribution in [2.24, 2.45) is 4.99 Å². The first kappa shape index (κ1) is 25.7. The zero-order valence-corrected chi connectivity index (χ0v) is 21.5. The molecule has 1 N–H and O–H groups in total. The lowest BCUT2D eigenvalue weighted by molar-refractivity contribution is 0.0793.